The Morgan fingerprint density at radius 3 is 2.43 bits per heavy atom. The maximum Gasteiger partial charge on any atom is 0.403 e. The molecule has 0 aromatic rings. The first-order valence-corrected chi connectivity index (χ1v) is 3.83. The molecular weight excluding hydrogens is 223 g/mol. The summed E-state index contributed by atoms with van der Waals surface area (Å²) in [4.78, 5) is 10.9. The van der Waals surface area contributed by atoms with Gasteiger partial charge in [-0.3, -0.25) is 4.79 Å². The lowest BCUT2D eigenvalue weighted by Crippen LogP contribution is -2.36. The monoisotopic (exact) mass is 233 g/mol. The summed E-state index contributed by atoms with van der Waals surface area (Å²) in [6.07, 6.45) is -4.50. The Hall–Kier alpha value is -0.490. The van der Waals surface area contributed by atoms with E-state index in [0.29, 0.717) is 0 Å². The molecular formula is C7H11ClF3NO2. The SMILES string of the molecule is COC(=O)[C@@H]1CN[C@H](C(F)(F)F)C1.Cl. The number of methoxy groups -OCH3 is 1. The number of alkyl halides is 3. The van der Waals surface area contributed by atoms with Crippen LogP contribution in [-0.2, 0) is 9.53 Å². The quantitative estimate of drug-likeness (QED) is 0.690. The van der Waals surface area contributed by atoms with Crippen LogP contribution in [0.5, 0.6) is 0 Å². The topological polar surface area (TPSA) is 38.3 Å². The van der Waals surface area contributed by atoms with Gasteiger partial charge in [0.25, 0.3) is 0 Å². The van der Waals surface area contributed by atoms with Crippen molar-refractivity contribution in [1.82, 2.24) is 5.32 Å². The van der Waals surface area contributed by atoms with Crippen LogP contribution in [0, 0.1) is 5.92 Å². The highest BCUT2D eigenvalue weighted by atomic mass is 35.5. The Morgan fingerprint density at radius 1 is 1.50 bits per heavy atom. The molecule has 1 N–H and O–H groups in total. The average molecular weight is 234 g/mol. The predicted molar refractivity (Wildman–Crippen MR) is 45.2 cm³/mol. The van der Waals surface area contributed by atoms with Crippen LogP contribution in [0.15, 0.2) is 0 Å². The van der Waals surface area contributed by atoms with E-state index in [-0.39, 0.29) is 25.4 Å². The molecule has 1 saturated heterocycles. The van der Waals surface area contributed by atoms with Gasteiger partial charge in [0.2, 0.25) is 0 Å². The van der Waals surface area contributed by atoms with Gasteiger partial charge in [0, 0.05) is 6.54 Å². The van der Waals surface area contributed by atoms with Crippen molar-refractivity contribution in [3.63, 3.8) is 0 Å². The molecule has 0 spiro atoms. The zero-order valence-corrected chi connectivity index (χ0v) is 8.24. The highest BCUT2D eigenvalue weighted by Crippen LogP contribution is 2.29. The zero-order chi connectivity index (χ0) is 10.1. The molecule has 0 bridgehead atoms. The summed E-state index contributed by atoms with van der Waals surface area (Å²) in [5, 5.41) is 2.24. The van der Waals surface area contributed by atoms with Gasteiger partial charge in [-0.25, -0.2) is 0 Å². The third kappa shape index (κ3) is 3.02. The van der Waals surface area contributed by atoms with Crippen LogP contribution < -0.4 is 5.32 Å². The van der Waals surface area contributed by atoms with E-state index in [4.69, 9.17) is 0 Å². The van der Waals surface area contributed by atoms with Gasteiger partial charge in [0.15, 0.2) is 0 Å². The second-order valence-corrected chi connectivity index (χ2v) is 2.96. The lowest BCUT2D eigenvalue weighted by atomic mass is 10.1. The molecule has 7 heteroatoms. The molecule has 2 atom stereocenters. The van der Waals surface area contributed by atoms with Crippen molar-refractivity contribution < 1.29 is 22.7 Å². The van der Waals surface area contributed by atoms with Crippen molar-refractivity contribution in [3.8, 4) is 0 Å². The van der Waals surface area contributed by atoms with Crippen molar-refractivity contribution in [1.29, 1.82) is 0 Å². The summed E-state index contributed by atoms with van der Waals surface area (Å²) in [6.45, 7) is 0.0385. The Morgan fingerprint density at radius 2 is 2.07 bits per heavy atom. The lowest BCUT2D eigenvalue weighted by molar-refractivity contribution is -0.154. The second-order valence-electron chi connectivity index (χ2n) is 2.96. The van der Waals surface area contributed by atoms with Crippen LogP contribution in [-0.4, -0.2) is 31.8 Å². The van der Waals surface area contributed by atoms with Gasteiger partial charge < -0.3 is 10.1 Å². The number of nitrogens with one attached hydrogen (secondary N) is 1. The first-order valence-electron chi connectivity index (χ1n) is 3.83. The molecule has 0 aromatic heterocycles. The first kappa shape index (κ1) is 13.5. The minimum atomic E-state index is -4.28. The Labute approximate surface area is 85.4 Å². The van der Waals surface area contributed by atoms with E-state index in [1.807, 2.05) is 0 Å². The van der Waals surface area contributed by atoms with Crippen LogP contribution in [0.4, 0.5) is 13.2 Å². The normalized spacial score (nSPS) is 26.9. The number of carbonyl (C=O) groups excluding carboxylic acids is 1. The third-order valence-corrected chi connectivity index (χ3v) is 2.06. The molecule has 84 valence electrons. The minimum Gasteiger partial charge on any atom is -0.469 e. The molecule has 1 aliphatic heterocycles. The van der Waals surface area contributed by atoms with Gasteiger partial charge in [0.1, 0.15) is 6.04 Å². The second kappa shape index (κ2) is 4.84. The van der Waals surface area contributed by atoms with E-state index < -0.39 is 24.1 Å². The highest BCUT2D eigenvalue weighted by Gasteiger charge is 2.45. The molecule has 0 aliphatic carbocycles. The smallest absolute Gasteiger partial charge is 0.403 e. The Balaban J connectivity index is 0.00000169. The highest BCUT2D eigenvalue weighted by molar-refractivity contribution is 5.85. The third-order valence-electron chi connectivity index (χ3n) is 2.06. The molecule has 0 amide bonds. The number of hydrogen-bond acceptors (Lipinski definition) is 3. The summed E-state index contributed by atoms with van der Waals surface area (Å²) in [5.74, 6) is -1.25. The minimum absolute atomic E-state index is 0. The Kier molecular flexibility index (Phi) is 4.67. The van der Waals surface area contributed by atoms with Crippen LogP contribution >= 0.6 is 12.4 Å². The lowest BCUT2D eigenvalue weighted by Gasteiger charge is -2.13. The van der Waals surface area contributed by atoms with Gasteiger partial charge in [-0.05, 0) is 6.42 Å². The summed E-state index contributed by atoms with van der Waals surface area (Å²) in [6, 6.07) is -1.57. The molecule has 1 fully saturated rings. The molecule has 14 heavy (non-hydrogen) atoms. The number of halogens is 4. The molecule has 1 heterocycles. The molecule has 1 aliphatic rings. The van der Waals surface area contributed by atoms with Crippen molar-refractivity contribution in [2.24, 2.45) is 5.92 Å². The van der Waals surface area contributed by atoms with Crippen LogP contribution in [0.2, 0.25) is 0 Å². The van der Waals surface area contributed by atoms with Crippen LogP contribution in [0.3, 0.4) is 0 Å². The van der Waals surface area contributed by atoms with Crippen LogP contribution in [0.25, 0.3) is 0 Å². The van der Waals surface area contributed by atoms with Crippen molar-refractivity contribution in [2.75, 3.05) is 13.7 Å². The van der Waals surface area contributed by atoms with Gasteiger partial charge in [-0.1, -0.05) is 0 Å². The van der Waals surface area contributed by atoms with Crippen molar-refractivity contribution >= 4 is 18.4 Å². The summed E-state index contributed by atoms with van der Waals surface area (Å²) < 4.78 is 40.6. The Bertz CT molecular complexity index is 210. The fraction of sp³-hybridized carbons (Fsp3) is 0.857. The number of ether oxygens (including phenoxy) is 1. The molecule has 0 unspecified atom stereocenters. The number of rotatable bonds is 1. The molecule has 0 aromatic carbocycles. The molecule has 3 nitrogen and oxygen atoms in total. The largest absolute Gasteiger partial charge is 0.469 e. The van der Waals surface area contributed by atoms with E-state index in [1.165, 1.54) is 7.11 Å². The standard InChI is InChI=1S/C7H10F3NO2.ClH/c1-13-6(12)4-2-5(11-3-4)7(8,9)10;/h4-5,11H,2-3H2,1H3;1H/t4-,5-;/m0./s1. The number of hydrogen-bond donors (Lipinski definition) is 1. The van der Waals surface area contributed by atoms with Crippen LogP contribution in [0.1, 0.15) is 6.42 Å². The molecule has 1 rings (SSSR count). The van der Waals surface area contributed by atoms with Gasteiger partial charge in [-0.2, -0.15) is 13.2 Å². The van der Waals surface area contributed by atoms with Crippen molar-refractivity contribution in [3.05, 3.63) is 0 Å². The van der Waals surface area contributed by atoms with Crippen molar-refractivity contribution in [2.45, 2.75) is 18.6 Å². The van der Waals surface area contributed by atoms with Gasteiger partial charge >= 0.3 is 12.1 Å². The number of esters is 1. The molecule has 0 radical (unpaired) electrons. The molecule has 0 saturated carbocycles. The first-order chi connectivity index (χ1) is 5.95. The maximum atomic E-state index is 12.1. The van der Waals surface area contributed by atoms with E-state index in [9.17, 15) is 18.0 Å². The summed E-state index contributed by atoms with van der Waals surface area (Å²) in [7, 11) is 1.17. The predicted octanol–water partition coefficient (Wildman–Crippen LogP) is 1.12. The van der Waals surface area contributed by atoms with Gasteiger partial charge in [0.05, 0.1) is 13.0 Å². The van der Waals surface area contributed by atoms with Gasteiger partial charge in [-0.15, -0.1) is 12.4 Å². The fourth-order valence-corrected chi connectivity index (χ4v) is 1.33. The zero-order valence-electron chi connectivity index (χ0n) is 7.43. The van der Waals surface area contributed by atoms with E-state index in [1.54, 1.807) is 0 Å². The van der Waals surface area contributed by atoms with E-state index >= 15 is 0 Å². The maximum absolute atomic E-state index is 12.1. The van der Waals surface area contributed by atoms with E-state index in [2.05, 4.69) is 10.1 Å². The van der Waals surface area contributed by atoms with E-state index in [0.717, 1.165) is 0 Å². The number of carbonyl (C=O) groups is 1. The fourth-order valence-electron chi connectivity index (χ4n) is 1.33. The average Bonchev–Trinajstić information content (AvgIpc) is 2.50. The summed E-state index contributed by atoms with van der Waals surface area (Å²) in [5.41, 5.74) is 0. The summed E-state index contributed by atoms with van der Waals surface area (Å²) >= 11 is 0.